The van der Waals surface area contributed by atoms with Crippen molar-refractivity contribution in [2.24, 2.45) is 11.8 Å². The first-order valence-electron chi connectivity index (χ1n) is 18.2. The van der Waals surface area contributed by atoms with Crippen LogP contribution in [-0.4, -0.2) is 86.8 Å². The molecule has 3 rings (SSSR count). The molecule has 1 saturated carbocycles. The molecule has 9 heteroatoms. The topological polar surface area (TPSA) is 77.5 Å². The van der Waals surface area contributed by atoms with Crippen molar-refractivity contribution in [3.8, 4) is 0 Å². The van der Waals surface area contributed by atoms with Gasteiger partial charge in [0, 0.05) is 0 Å². The zero-order valence-corrected chi connectivity index (χ0v) is 33.7. The maximum absolute atomic E-state index is 14.4. The van der Waals surface area contributed by atoms with Crippen LogP contribution in [0.15, 0.2) is 0 Å². The summed E-state index contributed by atoms with van der Waals surface area (Å²) in [5.41, 5.74) is -2.32. The fourth-order valence-corrected chi connectivity index (χ4v) is 27.1. The van der Waals surface area contributed by atoms with Crippen LogP contribution in [0.25, 0.3) is 0 Å². The summed E-state index contributed by atoms with van der Waals surface area (Å²) in [6.07, 6.45) is 10.8. The maximum atomic E-state index is 14.4. The van der Waals surface area contributed by atoms with E-state index in [9.17, 15) is 9.59 Å². The monoisotopic (exact) mass is 744 g/mol. The van der Waals surface area contributed by atoms with E-state index in [4.69, 9.17) is 18.9 Å². The average Bonchev–Trinajstić information content (AvgIpc) is 3.34. The number of nitrogens with zero attached hydrogens (tertiary/aromatic N) is 2. The van der Waals surface area contributed by atoms with E-state index in [1.165, 1.54) is 32.6 Å². The third-order valence-corrected chi connectivity index (χ3v) is 27.5. The SMILES string of the molecule is CCC[CH2][Sn]([CH2]CCC)([CH2]CCC)[C@H](OC(=O)N1C(C)(C)COC1(C)C)[C@@H]1CCCC[C@@H]1COC(=O)N1C(C)(C)COC1(C)C. The first kappa shape index (κ1) is 38.7. The van der Waals surface area contributed by atoms with Crippen LogP contribution in [0.1, 0.15) is 140 Å². The molecule has 2 heterocycles. The van der Waals surface area contributed by atoms with E-state index in [-0.39, 0.29) is 28.1 Å². The number of unbranched alkanes of at least 4 members (excludes halogenated alkanes) is 3. The number of hydrogen-bond donors (Lipinski definition) is 0. The van der Waals surface area contributed by atoms with Crippen molar-refractivity contribution in [2.75, 3.05) is 19.8 Å². The molecule has 45 heavy (non-hydrogen) atoms. The van der Waals surface area contributed by atoms with E-state index in [0.29, 0.717) is 19.8 Å². The third-order valence-electron chi connectivity index (χ3n) is 10.9. The Balaban J connectivity index is 2.00. The van der Waals surface area contributed by atoms with Gasteiger partial charge in [-0.25, -0.2) is 0 Å². The molecule has 0 unspecified atom stereocenters. The molecule has 2 aliphatic heterocycles. The second-order valence-electron chi connectivity index (χ2n) is 16.5. The normalized spacial score (nSPS) is 26.1. The predicted octanol–water partition coefficient (Wildman–Crippen LogP) is 9.52. The number of ether oxygens (including phenoxy) is 4. The number of carbonyl (C=O) groups is 2. The zero-order chi connectivity index (χ0) is 33.7. The summed E-state index contributed by atoms with van der Waals surface area (Å²) in [5, 5.41) is 0. The Kier molecular flexibility index (Phi) is 13.5. The van der Waals surface area contributed by atoms with Gasteiger partial charge in [-0.15, -0.1) is 0 Å². The molecule has 8 nitrogen and oxygen atoms in total. The number of amides is 2. The Labute approximate surface area is 279 Å². The first-order chi connectivity index (χ1) is 21.0. The van der Waals surface area contributed by atoms with E-state index < -0.39 is 40.9 Å². The summed E-state index contributed by atoms with van der Waals surface area (Å²) in [6, 6.07) is 0. The van der Waals surface area contributed by atoms with Crippen molar-refractivity contribution >= 4 is 30.6 Å². The number of hydrogen-bond acceptors (Lipinski definition) is 6. The number of rotatable bonds is 14. The fourth-order valence-electron chi connectivity index (χ4n) is 8.66. The molecule has 3 aliphatic rings. The van der Waals surface area contributed by atoms with Crippen LogP contribution >= 0.6 is 0 Å². The van der Waals surface area contributed by atoms with E-state index in [1.807, 2.05) is 46.4 Å². The standard InChI is InChI=1S/C24H41N2O6.3C4H9.Sn/c1-21(2)15-31-23(5,6)25(21)19(27)29-13-17-11-9-10-12-18(17)14-30-20(28)26-22(3,4)16-32-24(26,7)8;3*1-3-4-2;/h13,17-18H,9-12,14-16H2,1-8H3;3*1,3-4H2,2H3;/t17-,18+;;;;/m0..../s1. The molecule has 0 aromatic heterocycles. The Morgan fingerprint density at radius 2 is 1.18 bits per heavy atom. The fraction of sp³-hybridized carbons (Fsp3) is 0.944. The molecular weight excluding hydrogens is 675 g/mol. The van der Waals surface area contributed by atoms with Gasteiger partial charge in [0.15, 0.2) is 0 Å². The Morgan fingerprint density at radius 1 is 0.733 bits per heavy atom. The molecule has 1 aliphatic carbocycles. The van der Waals surface area contributed by atoms with Gasteiger partial charge in [-0.2, -0.15) is 0 Å². The molecule has 2 amide bonds. The van der Waals surface area contributed by atoms with Crippen LogP contribution in [0, 0.1) is 11.8 Å². The van der Waals surface area contributed by atoms with Crippen molar-refractivity contribution in [3.63, 3.8) is 0 Å². The van der Waals surface area contributed by atoms with E-state index >= 15 is 0 Å². The van der Waals surface area contributed by atoms with Crippen molar-refractivity contribution < 1.29 is 28.5 Å². The zero-order valence-electron chi connectivity index (χ0n) is 30.9. The van der Waals surface area contributed by atoms with E-state index in [1.54, 1.807) is 4.90 Å². The van der Waals surface area contributed by atoms with Crippen molar-refractivity contribution in [2.45, 2.75) is 180 Å². The minimum atomic E-state index is -3.16. The summed E-state index contributed by atoms with van der Waals surface area (Å²) in [5.74, 6) is 0.384. The van der Waals surface area contributed by atoms with E-state index in [2.05, 4.69) is 34.6 Å². The molecule has 0 aromatic rings. The Hall–Kier alpha value is -0.741. The van der Waals surface area contributed by atoms with Gasteiger partial charge in [-0.1, -0.05) is 0 Å². The van der Waals surface area contributed by atoms with Crippen LogP contribution in [-0.2, 0) is 18.9 Å². The Morgan fingerprint density at radius 3 is 1.60 bits per heavy atom. The Bertz CT molecular complexity index is 929. The molecule has 3 atom stereocenters. The third kappa shape index (κ3) is 9.04. The molecule has 0 aromatic carbocycles. The summed E-state index contributed by atoms with van der Waals surface area (Å²) >= 11 is -3.16. The van der Waals surface area contributed by atoms with Gasteiger partial charge in [0.2, 0.25) is 0 Å². The van der Waals surface area contributed by atoms with Crippen molar-refractivity contribution in [1.29, 1.82) is 0 Å². The first-order valence-corrected chi connectivity index (χ1v) is 25.9. The summed E-state index contributed by atoms with van der Waals surface area (Å²) in [6.45, 7) is 24.3. The van der Waals surface area contributed by atoms with Gasteiger partial charge >= 0.3 is 281 Å². The van der Waals surface area contributed by atoms with Crippen LogP contribution in [0.3, 0.4) is 0 Å². The van der Waals surface area contributed by atoms with Gasteiger partial charge in [-0.3, -0.25) is 0 Å². The summed E-state index contributed by atoms with van der Waals surface area (Å²) in [7, 11) is 0. The molecule has 262 valence electrons. The molecule has 0 radical (unpaired) electrons. The van der Waals surface area contributed by atoms with Crippen LogP contribution in [0.5, 0.6) is 0 Å². The average molecular weight is 744 g/mol. The molecule has 0 N–H and O–H groups in total. The molecule has 3 fully saturated rings. The minimum absolute atomic E-state index is 0.0457. The predicted molar refractivity (Wildman–Crippen MR) is 184 cm³/mol. The molecule has 0 bridgehead atoms. The molecule has 0 spiro atoms. The molecular formula is C36H68N2O6Sn. The summed E-state index contributed by atoms with van der Waals surface area (Å²) < 4.78 is 29.1. The van der Waals surface area contributed by atoms with Gasteiger partial charge in [-0.05, 0) is 0 Å². The summed E-state index contributed by atoms with van der Waals surface area (Å²) in [4.78, 5) is 31.7. The van der Waals surface area contributed by atoms with Gasteiger partial charge in [0.25, 0.3) is 0 Å². The van der Waals surface area contributed by atoms with Crippen LogP contribution in [0.2, 0.25) is 13.3 Å². The van der Waals surface area contributed by atoms with Gasteiger partial charge < -0.3 is 0 Å². The quantitative estimate of drug-likeness (QED) is 0.165. The van der Waals surface area contributed by atoms with Crippen LogP contribution in [0.4, 0.5) is 9.59 Å². The second-order valence-corrected chi connectivity index (χ2v) is 30.2. The second kappa shape index (κ2) is 15.6. The van der Waals surface area contributed by atoms with E-state index in [0.717, 1.165) is 44.9 Å². The molecule has 2 saturated heterocycles. The number of carbonyl (C=O) groups excluding carboxylic acids is 2. The van der Waals surface area contributed by atoms with Gasteiger partial charge in [0.1, 0.15) is 0 Å². The van der Waals surface area contributed by atoms with Crippen molar-refractivity contribution in [1.82, 2.24) is 9.80 Å². The van der Waals surface area contributed by atoms with Crippen LogP contribution < -0.4 is 0 Å². The van der Waals surface area contributed by atoms with Crippen molar-refractivity contribution in [3.05, 3.63) is 0 Å². The van der Waals surface area contributed by atoms with Gasteiger partial charge in [0.05, 0.1) is 0 Å².